The van der Waals surface area contributed by atoms with Crippen LogP contribution >= 0.6 is 0 Å². The van der Waals surface area contributed by atoms with Gasteiger partial charge in [-0.3, -0.25) is 14.5 Å². The van der Waals surface area contributed by atoms with Gasteiger partial charge in [0.1, 0.15) is 11.5 Å². The van der Waals surface area contributed by atoms with E-state index in [9.17, 15) is 9.59 Å². The smallest absolute Gasteiger partial charge is 0.274 e. The van der Waals surface area contributed by atoms with E-state index in [2.05, 4.69) is 20.9 Å². The molecule has 1 amide bonds. The van der Waals surface area contributed by atoms with Gasteiger partial charge in [-0.15, -0.1) is 0 Å². The molecule has 2 saturated heterocycles. The molecule has 0 aliphatic carbocycles. The van der Waals surface area contributed by atoms with Gasteiger partial charge < -0.3 is 15.2 Å². The molecule has 152 valence electrons. The summed E-state index contributed by atoms with van der Waals surface area (Å²) in [5.74, 6) is 0.650. The molecule has 2 aromatic rings. The fourth-order valence-corrected chi connectivity index (χ4v) is 5.07. The number of hydrogen-bond acceptors (Lipinski definition) is 6. The van der Waals surface area contributed by atoms with Crippen LogP contribution in [0.2, 0.25) is 0 Å². The zero-order valence-corrected chi connectivity index (χ0v) is 16.5. The quantitative estimate of drug-likeness (QED) is 0.837. The topological polar surface area (TPSA) is 97.4 Å². The highest BCUT2D eigenvalue weighted by atomic mass is 16.2. The van der Waals surface area contributed by atoms with Gasteiger partial charge in [0, 0.05) is 43.4 Å². The van der Waals surface area contributed by atoms with Crippen LogP contribution in [0.25, 0.3) is 0 Å². The molecule has 0 unspecified atom stereocenters. The van der Waals surface area contributed by atoms with Crippen molar-refractivity contribution >= 4 is 11.7 Å². The van der Waals surface area contributed by atoms with Gasteiger partial charge in [0.2, 0.25) is 0 Å². The van der Waals surface area contributed by atoms with Gasteiger partial charge in [-0.05, 0) is 44.3 Å². The average molecular weight is 394 g/mol. The van der Waals surface area contributed by atoms with Gasteiger partial charge in [0.15, 0.2) is 0 Å². The Morgan fingerprint density at radius 1 is 1.10 bits per heavy atom. The second kappa shape index (κ2) is 7.26. The van der Waals surface area contributed by atoms with Crippen LogP contribution in [0.1, 0.15) is 46.9 Å². The zero-order chi connectivity index (χ0) is 20.0. The van der Waals surface area contributed by atoms with Crippen LogP contribution < -0.4 is 11.3 Å². The number of anilines is 1. The van der Waals surface area contributed by atoms with Crippen molar-refractivity contribution in [1.29, 1.82) is 0 Å². The minimum Gasteiger partial charge on any atom is -0.382 e. The summed E-state index contributed by atoms with van der Waals surface area (Å²) >= 11 is 0. The number of rotatable bonds is 3. The highest BCUT2D eigenvalue weighted by Crippen LogP contribution is 2.35. The van der Waals surface area contributed by atoms with Gasteiger partial charge >= 0.3 is 0 Å². The lowest BCUT2D eigenvalue weighted by molar-refractivity contribution is 0.0588. The minimum absolute atomic E-state index is 0.117. The molecule has 2 bridgehead atoms. The molecule has 0 spiro atoms. The second-order valence-electron chi connectivity index (χ2n) is 8.52. The molecular weight excluding hydrogens is 368 g/mol. The minimum atomic E-state index is -0.117. The molecule has 5 heterocycles. The number of likely N-dealkylation sites (tertiary alicyclic amines) is 2. The van der Waals surface area contributed by atoms with Crippen LogP contribution in [-0.4, -0.2) is 56.4 Å². The number of fused-ring (bicyclic) bond motifs is 4. The lowest BCUT2D eigenvalue weighted by Gasteiger charge is -2.42. The summed E-state index contributed by atoms with van der Waals surface area (Å²) in [5, 5.41) is 0. The molecule has 3 aliphatic heterocycles. The van der Waals surface area contributed by atoms with Crippen molar-refractivity contribution in [3.63, 3.8) is 0 Å². The van der Waals surface area contributed by atoms with Crippen LogP contribution in [0.5, 0.6) is 0 Å². The fourth-order valence-electron chi connectivity index (χ4n) is 5.07. The number of carbonyl (C=O) groups excluding carboxylic acids is 1. The van der Waals surface area contributed by atoms with E-state index in [4.69, 9.17) is 5.73 Å². The molecular formula is C21H26N6O2. The predicted molar refractivity (Wildman–Crippen MR) is 108 cm³/mol. The summed E-state index contributed by atoms with van der Waals surface area (Å²) < 4.78 is 1.97. The first kappa shape index (κ1) is 18.3. The molecule has 0 saturated carbocycles. The Labute approximate surface area is 169 Å². The molecule has 0 radical (unpaired) electrons. The number of aromatic nitrogens is 3. The van der Waals surface area contributed by atoms with Crippen molar-refractivity contribution < 1.29 is 4.79 Å². The van der Waals surface area contributed by atoms with E-state index in [1.807, 2.05) is 15.5 Å². The number of piperidine rings is 1. The van der Waals surface area contributed by atoms with E-state index in [1.54, 1.807) is 0 Å². The SMILES string of the molecule is Nc1cnc(C(=O)N2C[C@@H]3C[C@H](C2)c2ccc(CN4CCCC4)c(=O)n2C3)cn1. The first-order chi connectivity index (χ1) is 14.1. The standard InChI is InChI=1S/C21H26N6O2/c22-19-9-23-17(8-24-19)21(29)26-10-14-7-16(13-26)18-4-3-15(20(28)27(18)11-14)12-25-5-1-2-6-25/h3-4,8-9,14,16H,1-2,5-7,10-13H2,(H2,22,24)/t14-,16+/m0/s1. The molecule has 3 aliphatic rings. The summed E-state index contributed by atoms with van der Waals surface area (Å²) in [5.41, 5.74) is 7.98. The summed E-state index contributed by atoms with van der Waals surface area (Å²) in [4.78, 5) is 38.3. The third-order valence-electron chi connectivity index (χ3n) is 6.45. The van der Waals surface area contributed by atoms with Crippen LogP contribution in [0.3, 0.4) is 0 Å². The number of nitrogens with two attached hydrogens (primary N) is 1. The van der Waals surface area contributed by atoms with Crippen molar-refractivity contribution in [3.8, 4) is 0 Å². The summed E-state index contributed by atoms with van der Waals surface area (Å²) in [7, 11) is 0. The Hall–Kier alpha value is -2.74. The fraction of sp³-hybridized carbons (Fsp3) is 0.524. The number of amides is 1. The normalized spacial score (nSPS) is 23.8. The van der Waals surface area contributed by atoms with Crippen LogP contribution in [-0.2, 0) is 13.1 Å². The van der Waals surface area contributed by atoms with Crippen molar-refractivity contribution in [1.82, 2.24) is 24.3 Å². The molecule has 0 aromatic carbocycles. The van der Waals surface area contributed by atoms with Crippen molar-refractivity contribution in [3.05, 3.63) is 51.8 Å². The lowest BCUT2D eigenvalue weighted by Crippen LogP contribution is -2.49. The van der Waals surface area contributed by atoms with Crippen LogP contribution in [0.4, 0.5) is 5.82 Å². The van der Waals surface area contributed by atoms with Gasteiger partial charge in [0.05, 0.1) is 12.4 Å². The van der Waals surface area contributed by atoms with Gasteiger partial charge in [-0.2, -0.15) is 0 Å². The largest absolute Gasteiger partial charge is 0.382 e. The predicted octanol–water partition coefficient (Wildman–Crippen LogP) is 1.08. The van der Waals surface area contributed by atoms with E-state index in [0.717, 1.165) is 37.3 Å². The van der Waals surface area contributed by atoms with Crippen molar-refractivity contribution in [2.24, 2.45) is 5.92 Å². The maximum Gasteiger partial charge on any atom is 0.274 e. The Morgan fingerprint density at radius 2 is 1.93 bits per heavy atom. The van der Waals surface area contributed by atoms with Gasteiger partial charge in [0.25, 0.3) is 11.5 Å². The molecule has 5 rings (SSSR count). The lowest BCUT2D eigenvalue weighted by atomic mass is 9.83. The molecule has 8 nitrogen and oxygen atoms in total. The van der Waals surface area contributed by atoms with Crippen LogP contribution in [0.15, 0.2) is 29.3 Å². The molecule has 8 heteroatoms. The Bertz CT molecular complexity index is 980. The number of nitrogens with zero attached hydrogens (tertiary/aromatic N) is 5. The van der Waals surface area contributed by atoms with E-state index >= 15 is 0 Å². The summed E-state index contributed by atoms with van der Waals surface area (Å²) in [6.45, 7) is 4.83. The van der Waals surface area contributed by atoms with Crippen LogP contribution in [0, 0.1) is 5.92 Å². The Morgan fingerprint density at radius 3 is 2.69 bits per heavy atom. The molecule has 2 N–H and O–H groups in total. The van der Waals surface area contributed by atoms with Gasteiger partial charge in [-0.25, -0.2) is 9.97 Å². The third kappa shape index (κ3) is 3.42. The molecule has 2 atom stereocenters. The molecule has 2 fully saturated rings. The van der Waals surface area contributed by atoms with Crippen molar-refractivity contribution in [2.45, 2.75) is 38.3 Å². The molecule has 29 heavy (non-hydrogen) atoms. The second-order valence-corrected chi connectivity index (χ2v) is 8.52. The number of carbonyl (C=O) groups is 1. The third-order valence-corrected chi connectivity index (χ3v) is 6.45. The maximum atomic E-state index is 13.1. The first-order valence-corrected chi connectivity index (χ1v) is 10.4. The van der Waals surface area contributed by atoms with Gasteiger partial charge in [-0.1, -0.05) is 6.07 Å². The average Bonchev–Trinajstić information content (AvgIpc) is 3.23. The number of nitrogen functional groups attached to an aromatic ring is 1. The highest BCUT2D eigenvalue weighted by molar-refractivity contribution is 5.92. The maximum absolute atomic E-state index is 13.1. The van der Waals surface area contributed by atoms with E-state index < -0.39 is 0 Å². The number of hydrogen-bond donors (Lipinski definition) is 1. The van der Waals surface area contributed by atoms with E-state index in [0.29, 0.717) is 31.1 Å². The Kier molecular flexibility index (Phi) is 4.58. The Balaban J connectivity index is 1.38. The van der Waals surface area contributed by atoms with E-state index in [1.165, 1.54) is 25.2 Å². The zero-order valence-electron chi connectivity index (χ0n) is 16.5. The first-order valence-electron chi connectivity index (χ1n) is 10.4. The summed E-state index contributed by atoms with van der Waals surface area (Å²) in [6, 6.07) is 4.10. The highest BCUT2D eigenvalue weighted by Gasteiger charge is 2.37. The van der Waals surface area contributed by atoms with Crippen molar-refractivity contribution in [2.75, 3.05) is 31.9 Å². The summed E-state index contributed by atoms with van der Waals surface area (Å²) in [6.07, 6.45) is 6.30. The number of pyridine rings is 1. The monoisotopic (exact) mass is 394 g/mol. The molecule has 2 aromatic heterocycles. The van der Waals surface area contributed by atoms with E-state index in [-0.39, 0.29) is 23.3 Å².